The first-order valence-corrected chi connectivity index (χ1v) is 8.96. The van der Waals surface area contributed by atoms with Gasteiger partial charge in [-0.2, -0.15) is 0 Å². The average Bonchev–Trinajstić information content (AvgIpc) is 3.33. The smallest absolute Gasteiger partial charge is 0.191 e. The second-order valence-electron chi connectivity index (χ2n) is 6.66. The van der Waals surface area contributed by atoms with Crippen molar-refractivity contribution in [1.29, 1.82) is 0 Å². The largest absolute Gasteiger partial charge is 0.379 e. The van der Waals surface area contributed by atoms with Crippen molar-refractivity contribution in [3.05, 3.63) is 35.6 Å². The number of ether oxygens (including phenoxy) is 1. The van der Waals surface area contributed by atoms with Gasteiger partial charge in [-0.25, -0.2) is 4.39 Å². The Kier molecular flexibility index (Phi) is 7.03. The molecule has 0 spiro atoms. The van der Waals surface area contributed by atoms with Gasteiger partial charge in [0, 0.05) is 25.1 Å². The molecule has 1 saturated carbocycles. The highest BCUT2D eigenvalue weighted by molar-refractivity contribution is 5.79. The van der Waals surface area contributed by atoms with Crippen molar-refractivity contribution in [1.82, 2.24) is 10.6 Å². The van der Waals surface area contributed by atoms with E-state index in [-0.39, 0.29) is 17.3 Å². The minimum Gasteiger partial charge on any atom is -0.379 e. The second kappa shape index (κ2) is 9.02. The molecule has 0 radical (unpaired) electrons. The van der Waals surface area contributed by atoms with Crippen molar-refractivity contribution in [2.75, 3.05) is 26.2 Å². The van der Waals surface area contributed by atoms with Crippen LogP contribution in [0.2, 0.25) is 0 Å². The number of aliphatic imine (C=N–C) groups is 1. The minimum absolute atomic E-state index is 0.117. The summed E-state index contributed by atoms with van der Waals surface area (Å²) in [6.07, 6.45) is 3.20. The van der Waals surface area contributed by atoms with Gasteiger partial charge in [-0.15, -0.1) is 0 Å². The highest BCUT2D eigenvalue weighted by Crippen LogP contribution is 2.49. The lowest BCUT2D eigenvalue weighted by molar-refractivity contribution is 0.0776. The van der Waals surface area contributed by atoms with Crippen molar-refractivity contribution in [3.8, 4) is 0 Å². The lowest BCUT2D eigenvalue weighted by Gasteiger charge is -2.16. The highest BCUT2D eigenvalue weighted by Gasteiger charge is 2.45. The molecule has 0 saturated heterocycles. The van der Waals surface area contributed by atoms with Gasteiger partial charge in [-0.1, -0.05) is 18.2 Å². The fourth-order valence-corrected chi connectivity index (χ4v) is 2.72. The second-order valence-corrected chi connectivity index (χ2v) is 6.66. The molecular weight excluding hydrogens is 305 g/mol. The number of halogens is 1. The molecule has 1 fully saturated rings. The predicted molar refractivity (Wildman–Crippen MR) is 97.0 cm³/mol. The predicted octanol–water partition coefficient (Wildman–Crippen LogP) is 3.23. The third kappa shape index (κ3) is 5.48. The number of nitrogens with one attached hydrogen (secondary N) is 2. The molecule has 1 aromatic carbocycles. The maximum absolute atomic E-state index is 14.1. The van der Waals surface area contributed by atoms with Crippen molar-refractivity contribution in [2.24, 2.45) is 4.99 Å². The summed E-state index contributed by atoms with van der Waals surface area (Å²) in [7, 11) is 0. The van der Waals surface area contributed by atoms with Crippen molar-refractivity contribution < 1.29 is 9.13 Å². The Morgan fingerprint density at radius 3 is 2.67 bits per heavy atom. The van der Waals surface area contributed by atoms with E-state index in [0.29, 0.717) is 6.54 Å². The molecule has 0 amide bonds. The van der Waals surface area contributed by atoms with Crippen molar-refractivity contribution in [2.45, 2.75) is 51.6 Å². The van der Waals surface area contributed by atoms with Crippen LogP contribution >= 0.6 is 0 Å². The van der Waals surface area contributed by atoms with E-state index in [9.17, 15) is 4.39 Å². The molecule has 0 unspecified atom stereocenters. The van der Waals surface area contributed by atoms with E-state index in [1.54, 1.807) is 6.07 Å². The Hall–Kier alpha value is -1.62. The third-order valence-electron chi connectivity index (χ3n) is 4.25. The number of hydrogen-bond acceptors (Lipinski definition) is 2. The first-order chi connectivity index (χ1) is 11.6. The minimum atomic E-state index is -0.117. The first kappa shape index (κ1) is 18.7. The maximum Gasteiger partial charge on any atom is 0.191 e. The molecule has 1 aromatic rings. The quantitative estimate of drug-likeness (QED) is 0.414. The van der Waals surface area contributed by atoms with Crippen LogP contribution in [-0.2, 0) is 10.2 Å². The lowest BCUT2D eigenvalue weighted by Crippen LogP contribution is -2.38. The van der Waals surface area contributed by atoms with Gasteiger partial charge in [0.25, 0.3) is 0 Å². The molecule has 1 aliphatic rings. The molecular formula is C19H30FN3O. The molecule has 0 aliphatic heterocycles. The van der Waals surface area contributed by atoms with Gasteiger partial charge in [0.1, 0.15) is 5.82 Å². The zero-order valence-corrected chi connectivity index (χ0v) is 15.1. The van der Waals surface area contributed by atoms with Crippen LogP contribution in [0.3, 0.4) is 0 Å². The zero-order valence-electron chi connectivity index (χ0n) is 15.1. The molecule has 2 rings (SSSR count). The van der Waals surface area contributed by atoms with Gasteiger partial charge >= 0.3 is 0 Å². The van der Waals surface area contributed by atoms with Crippen LogP contribution in [0.4, 0.5) is 4.39 Å². The van der Waals surface area contributed by atoms with E-state index in [2.05, 4.69) is 15.6 Å². The van der Waals surface area contributed by atoms with E-state index in [0.717, 1.165) is 50.5 Å². The van der Waals surface area contributed by atoms with Gasteiger partial charge in [0.15, 0.2) is 5.96 Å². The summed E-state index contributed by atoms with van der Waals surface area (Å²) in [4.78, 5) is 4.68. The molecule has 4 nitrogen and oxygen atoms in total. The van der Waals surface area contributed by atoms with Gasteiger partial charge in [-0.05, 0) is 51.7 Å². The molecule has 5 heteroatoms. The molecule has 2 N–H and O–H groups in total. The summed E-state index contributed by atoms with van der Waals surface area (Å²) in [5.41, 5.74) is 0.684. The van der Waals surface area contributed by atoms with E-state index in [1.807, 2.05) is 32.9 Å². The van der Waals surface area contributed by atoms with Gasteiger partial charge in [0.2, 0.25) is 0 Å². The number of hydrogen-bond donors (Lipinski definition) is 2. The fourth-order valence-electron chi connectivity index (χ4n) is 2.72. The molecule has 0 heterocycles. The normalized spacial score (nSPS) is 16.3. The van der Waals surface area contributed by atoms with Gasteiger partial charge < -0.3 is 15.4 Å². The van der Waals surface area contributed by atoms with Gasteiger partial charge in [0.05, 0.1) is 12.6 Å². The third-order valence-corrected chi connectivity index (χ3v) is 4.25. The Labute approximate surface area is 144 Å². The summed E-state index contributed by atoms with van der Waals surface area (Å²) >= 11 is 0. The van der Waals surface area contributed by atoms with E-state index in [4.69, 9.17) is 4.74 Å². The molecule has 0 aromatic heterocycles. The highest BCUT2D eigenvalue weighted by atomic mass is 19.1. The zero-order chi connectivity index (χ0) is 17.4. The van der Waals surface area contributed by atoms with Crippen LogP contribution in [-0.4, -0.2) is 38.3 Å². The topological polar surface area (TPSA) is 45.7 Å². The first-order valence-electron chi connectivity index (χ1n) is 8.96. The fraction of sp³-hybridized carbons (Fsp3) is 0.632. The van der Waals surface area contributed by atoms with Crippen molar-refractivity contribution >= 4 is 5.96 Å². The standard InChI is InChI=1S/C19H30FN3O/c1-4-21-18(22-12-7-13-24-15(2)3)23-14-19(10-11-19)16-8-5-6-9-17(16)20/h5-6,8-9,15H,4,7,10-14H2,1-3H3,(H2,21,22,23). The molecule has 1 aliphatic carbocycles. The maximum atomic E-state index is 14.1. The summed E-state index contributed by atoms with van der Waals surface area (Å²) in [5.74, 6) is 0.679. The molecule has 0 bridgehead atoms. The molecule has 24 heavy (non-hydrogen) atoms. The van der Waals surface area contributed by atoms with Gasteiger partial charge in [-0.3, -0.25) is 4.99 Å². The monoisotopic (exact) mass is 335 g/mol. The van der Waals surface area contributed by atoms with E-state index >= 15 is 0 Å². The van der Waals surface area contributed by atoms with Crippen LogP contribution < -0.4 is 10.6 Å². The SMILES string of the molecule is CCNC(=NCC1(c2ccccc2F)CC1)NCCCOC(C)C. The summed E-state index contributed by atoms with van der Waals surface area (Å²) in [6, 6.07) is 7.07. The van der Waals surface area contributed by atoms with E-state index < -0.39 is 0 Å². The van der Waals surface area contributed by atoms with E-state index in [1.165, 1.54) is 6.07 Å². The Bertz CT molecular complexity index is 541. The Morgan fingerprint density at radius 1 is 1.29 bits per heavy atom. The average molecular weight is 335 g/mol. The number of benzene rings is 1. The van der Waals surface area contributed by atoms with Crippen LogP contribution in [0.15, 0.2) is 29.3 Å². The molecule has 134 valence electrons. The number of guanidine groups is 1. The van der Waals surface area contributed by atoms with Crippen LogP contribution in [0.5, 0.6) is 0 Å². The summed E-state index contributed by atoms with van der Waals surface area (Å²) in [6.45, 7) is 9.09. The molecule has 0 atom stereocenters. The van der Waals surface area contributed by atoms with Crippen LogP contribution in [0.25, 0.3) is 0 Å². The summed E-state index contributed by atoms with van der Waals surface area (Å²) < 4.78 is 19.6. The van der Waals surface area contributed by atoms with Crippen molar-refractivity contribution in [3.63, 3.8) is 0 Å². The number of nitrogens with zero attached hydrogens (tertiary/aromatic N) is 1. The number of rotatable bonds is 9. The summed E-state index contributed by atoms with van der Waals surface area (Å²) in [5, 5.41) is 6.58. The Balaban J connectivity index is 1.88. The van der Waals surface area contributed by atoms with Crippen LogP contribution in [0, 0.1) is 5.82 Å². The van der Waals surface area contributed by atoms with Crippen LogP contribution in [0.1, 0.15) is 45.6 Å². The Morgan fingerprint density at radius 2 is 2.04 bits per heavy atom. The lowest BCUT2D eigenvalue weighted by atomic mass is 9.95.